The highest BCUT2D eigenvalue weighted by atomic mass is 35.5. The molecule has 3 heterocycles. The lowest BCUT2D eigenvalue weighted by Crippen LogP contribution is -2.61. The van der Waals surface area contributed by atoms with Crippen molar-refractivity contribution >= 4 is 52.3 Å². The average molecular weight is 630 g/mol. The van der Waals surface area contributed by atoms with E-state index in [0.717, 1.165) is 31.6 Å². The molecular weight excluding hydrogens is 597 g/mol. The Hall–Kier alpha value is -2.17. The third-order valence-electron chi connectivity index (χ3n) is 8.37. The smallest absolute Gasteiger partial charge is 0.258 e. The molecule has 0 radical (unpaired) electrons. The van der Waals surface area contributed by atoms with Crippen LogP contribution in [0.5, 0.6) is 0 Å². The molecule has 1 atom stereocenters. The van der Waals surface area contributed by atoms with Gasteiger partial charge in [0.05, 0.1) is 16.6 Å². The summed E-state index contributed by atoms with van der Waals surface area (Å²) >= 11 is 18.6. The SMILES string of the molecule is C[C@@](O)(C(=O)N1CCC(N2CC(Nc3ccc(C(=O)N4CCC(F)(F)CC4)c(Cl)c3)C2)CC1)c1cc(Cl)cc(Cl)c1. The number of amides is 2. The van der Waals surface area contributed by atoms with Crippen molar-refractivity contribution in [3.63, 3.8) is 0 Å². The molecule has 0 aliphatic carbocycles. The van der Waals surface area contributed by atoms with Crippen LogP contribution < -0.4 is 5.32 Å². The second-order valence-electron chi connectivity index (χ2n) is 11.4. The second kappa shape index (κ2) is 11.8. The number of likely N-dealkylation sites (tertiary alicyclic amines) is 3. The number of piperidine rings is 2. The molecule has 0 aromatic heterocycles. The first-order chi connectivity index (χ1) is 19.3. The Morgan fingerprint density at radius 3 is 2.15 bits per heavy atom. The third-order valence-corrected chi connectivity index (χ3v) is 9.12. The van der Waals surface area contributed by atoms with Gasteiger partial charge in [0, 0.05) is 73.9 Å². The van der Waals surface area contributed by atoms with Gasteiger partial charge in [0.15, 0.2) is 5.60 Å². The highest BCUT2D eigenvalue weighted by molar-refractivity contribution is 6.35. The van der Waals surface area contributed by atoms with Crippen LogP contribution >= 0.6 is 34.8 Å². The van der Waals surface area contributed by atoms with Crippen molar-refractivity contribution in [3.05, 3.63) is 62.6 Å². The summed E-state index contributed by atoms with van der Waals surface area (Å²) in [5, 5.41) is 15.5. The van der Waals surface area contributed by atoms with Crippen LogP contribution in [-0.2, 0) is 10.4 Å². The maximum Gasteiger partial charge on any atom is 0.258 e. The summed E-state index contributed by atoms with van der Waals surface area (Å²) in [5.74, 6) is -3.41. The van der Waals surface area contributed by atoms with Crippen LogP contribution in [0.15, 0.2) is 36.4 Å². The lowest BCUT2D eigenvalue weighted by molar-refractivity contribution is -0.152. The van der Waals surface area contributed by atoms with E-state index < -0.39 is 11.5 Å². The van der Waals surface area contributed by atoms with Crippen LogP contribution in [0.4, 0.5) is 14.5 Å². The van der Waals surface area contributed by atoms with Crippen LogP contribution in [0, 0.1) is 0 Å². The quantitative estimate of drug-likeness (QED) is 0.441. The predicted octanol–water partition coefficient (Wildman–Crippen LogP) is 5.51. The summed E-state index contributed by atoms with van der Waals surface area (Å²) in [6, 6.07) is 10.4. The van der Waals surface area contributed by atoms with Gasteiger partial charge in [-0.05, 0) is 61.7 Å². The van der Waals surface area contributed by atoms with Crippen molar-refractivity contribution in [1.82, 2.24) is 14.7 Å². The molecule has 0 spiro atoms. The first kappa shape index (κ1) is 30.3. The van der Waals surface area contributed by atoms with Crippen molar-refractivity contribution in [1.29, 1.82) is 0 Å². The molecule has 222 valence electrons. The van der Waals surface area contributed by atoms with Gasteiger partial charge in [-0.25, -0.2) is 8.78 Å². The number of carbonyl (C=O) groups is 2. The van der Waals surface area contributed by atoms with Gasteiger partial charge >= 0.3 is 0 Å². The molecule has 2 amide bonds. The molecule has 7 nitrogen and oxygen atoms in total. The lowest BCUT2D eigenvalue weighted by Gasteiger charge is -2.48. The van der Waals surface area contributed by atoms with Gasteiger partial charge in [-0.15, -0.1) is 0 Å². The van der Waals surface area contributed by atoms with Crippen LogP contribution in [-0.4, -0.2) is 88.9 Å². The van der Waals surface area contributed by atoms with Gasteiger partial charge in [0.1, 0.15) is 0 Å². The Bertz CT molecular complexity index is 1280. The average Bonchev–Trinajstić information content (AvgIpc) is 2.89. The number of carbonyl (C=O) groups excluding carboxylic acids is 2. The standard InChI is InChI=1S/C29H33Cl3F2N4O3/c1-28(41,18-12-19(30)14-20(31)13-18)27(40)37-8-4-23(5-9-37)38-16-22(17-38)35-21-2-3-24(25(32)15-21)26(39)36-10-6-29(33,34)7-11-36/h2-3,12-15,22-23,35,41H,4-11,16-17H2,1H3/t28-/m0/s1. The summed E-state index contributed by atoms with van der Waals surface area (Å²) in [6.45, 7) is 4.25. The van der Waals surface area contributed by atoms with E-state index in [1.54, 1.807) is 41.3 Å². The number of halogens is 5. The van der Waals surface area contributed by atoms with E-state index in [4.69, 9.17) is 34.8 Å². The maximum absolute atomic E-state index is 13.4. The summed E-state index contributed by atoms with van der Waals surface area (Å²) in [5.41, 5.74) is -0.245. The molecule has 0 unspecified atom stereocenters. The highest BCUT2D eigenvalue weighted by Crippen LogP contribution is 2.33. The molecule has 41 heavy (non-hydrogen) atoms. The minimum absolute atomic E-state index is 0.0171. The molecule has 3 fully saturated rings. The van der Waals surface area contributed by atoms with Crippen molar-refractivity contribution in [3.8, 4) is 0 Å². The van der Waals surface area contributed by atoms with Gasteiger partial charge in [0.2, 0.25) is 0 Å². The molecule has 12 heteroatoms. The Labute approximate surface area is 253 Å². The van der Waals surface area contributed by atoms with Crippen molar-refractivity contribution < 1.29 is 23.5 Å². The number of nitrogens with zero attached hydrogens (tertiary/aromatic N) is 3. The van der Waals surface area contributed by atoms with Crippen molar-refractivity contribution in [2.45, 2.75) is 56.2 Å². The summed E-state index contributed by atoms with van der Waals surface area (Å²) in [6.07, 6.45) is 0.942. The number of hydrogen-bond donors (Lipinski definition) is 2. The molecule has 3 aliphatic heterocycles. The Kier molecular flexibility index (Phi) is 8.75. The molecule has 2 aromatic carbocycles. The van der Waals surface area contributed by atoms with Crippen molar-refractivity contribution in [2.75, 3.05) is 44.6 Å². The normalized spacial score (nSPS) is 21.7. The van der Waals surface area contributed by atoms with E-state index in [0.29, 0.717) is 45.3 Å². The number of aliphatic hydroxyl groups is 1. The van der Waals surface area contributed by atoms with Crippen LogP contribution in [0.1, 0.15) is 48.5 Å². The molecule has 0 saturated carbocycles. The van der Waals surface area contributed by atoms with Gasteiger partial charge < -0.3 is 20.2 Å². The van der Waals surface area contributed by atoms with Crippen LogP contribution in [0.3, 0.4) is 0 Å². The Morgan fingerprint density at radius 2 is 1.56 bits per heavy atom. The monoisotopic (exact) mass is 628 g/mol. The Balaban J connectivity index is 1.09. The topological polar surface area (TPSA) is 76.1 Å². The number of alkyl halides is 2. The van der Waals surface area contributed by atoms with E-state index in [1.165, 1.54) is 11.8 Å². The van der Waals surface area contributed by atoms with E-state index in [9.17, 15) is 23.5 Å². The molecular formula is C29H33Cl3F2N4O3. The van der Waals surface area contributed by atoms with E-state index in [2.05, 4.69) is 10.2 Å². The molecule has 3 saturated heterocycles. The zero-order valence-electron chi connectivity index (χ0n) is 22.7. The number of hydrogen-bond acceptors (Lipinski definition) is 5. The number of benzene rings is 2. The fraction of sp³-hybridized carbons (Fsp3) is 0.517. The van der Waals surface area contributed by atoms with E-state index >= 15 is 0 Å². The fourth-order valence-electron chi connectivity index (χ4n) is 5.82. The second-order valence-corrected chi connectivity index (χ2v) is 12.7. The fourth-order valence-corrected chi connectivity index (χ4v) is 6.61. The maximum atomic E-state index is 13.4. The minimum Gasteiger partial charge on any atom is -0.380 e. The van der Waals surface area contributed by atoms with Crippen molar-refractivity contribution in [2.24, 2.45) is 0 Å². The van der Waals surface area contributed by atoms with Crippen LogP contribution in [0.2, 0.25) is 15.1 Å². The largest absolute Gasteiger partial charge is 0.380 e. The zero-order valence-corrected chi connectivity index (χ0v) is 25.0. The molecule has 3 aliphatic rings. The minimum atomic E-state index is -2.72. The number of anilines is 1. The lowest BCUT2D eigenvalue weighted by atomic mass is 9.92. The highest BCUT2D eigenvalue weighted by Gasteiger charge is 2.40. The summed E-state index contributed by atoms with van der Waals surface area (Å²) in [4.78, 5) is 31.5. The van der Waals surface area contributed by atoms with Gasteiger partial charge in [-0.1, -0.05) is 34.8 Å². The van der Waals surface area contributed by atoms with Gasteiger partial charge in [0.25, 0.3) is 17.7 Å². The predicted molar refractivity (Wildman–Crippen MR) is 156 cm³/mol. The van der Waals surface area contributed by atoms with Crippen LogP contribution in [0.25, 0.3) is 0 Å². The van der Waals surface area contributed by atoms with Gasteiger partial charge in [-0.2, -0.15) is 0 Å². The van der Waals surface area contributed by atoms with Gasteiger partial charge in [-0.3, -0.25) is 14.5 Å². The summed E-state index contributed by atoms with van der Waals surface area (Å²) in [7, 11) is 0. The first-order valence-electron chi connectivity index (χ1n) is 13.8. The Morgan fingerprint density at radius 1 is 0.951 bits per heavy atom. The molecule has 2 aromatic rings. The third kappa shape index (κ3) is 6.75. The van der Waals surface area contributed by atoms with E-state index in [-0.39, 0.29) is 43.8 Å². The first-order valence-corrected chi connectivity index (χ1v) is 14.9. The molecule has 0 bridgehead atoms. The molecule has 5 rings (SSSR count). The summed E-state index contributed by atoms with van der Waals surface area (Å²) < 4.78 is 26.9. The number of nitrogens with one attached hydrogen (secondary N) is 1. The van der Waals surface area contributed by atoms with E-state index in [1.807, 2.05) is 0 Å². The zero-order chi connectivity index (χ0) is 29.5. The molecule has 2 N–H and O–H groups in total. The number of rotatable bonds is 6.